The maximum Gasteiger partial charge on any atom is 0.247 e. The molecule has 0 aromatic heterocycles. The third kappa shape index (κ3) is 5.91. The van der Waals surface area contributed by atoms with Crippen LogP contribution < -0.4 is 4.74 Å². The first-order valence-corrected chi connectivity index (χ1v) is 13.0. The first-order valence-electron chi connectivity index (χ1n) is 11.6. The lowest BCUT2D eigenvalue weighted by atomic mass is 9.98. The number of fused-ring (bicyclic) bond motifs is 1. The summed E-state index contributed by atoms with van der Waals surface area (Å²) in [5.74, 6) is 0.943. The van der Waals surface area contributed by atoms with Gasteiger partial charge in [0.15, 0.2) is 0 Å². The first kappa shape index (κ1) is 25.2. The number of likely N-dealkylation sites (N-methyl/N-ethyl adjacent to an activating group) is 1. The summed E-state index contributed by atoms with van der Waals surface area (Å²) in [7, 11) is -1.69. The smallest absolute Gasteiger partial charge is 0.247 e. The van der Waals surface area contributed by atoms with Gasteiger partial charge in [0.25, 0.3) is 0 Å². The number of aliphatic hydroxyl groups is 1. The molecule has 1 fully saturated rings. The van der Waals surface area contributed by atoms with E-state index >= 15 is 0 Å². The summed E-state index contributed by atoms with van der Waals surface area (Å²) >= 11 is 0. The topological polar surface area (TPSA) is 79.3 Å². The Hall–Kier alpha value is -1.45. The number of hydrogen-bond acceptors (Lipinski definition) is 6. The molecule has 1 aromatic carbocycles. The molecule has 180 valence electrons. The molecule has 2 heterocycles. The summed E-state index contributed by atoms with van der Waals surface area (Å²) < 4.78 is 40.3. The van der Waals surface area contributed by atoms with E-state index in [1.807, 2.05) is 26.0 Å². The Bertz CT molecular complexity index is 882. The zero-order chi connectivity index (χ0) is 23.3. The van der Waals surface area contributed by atoms with Crippen LogP contribution in [-0.4, -0.2) is 81.4 Å². The lowest BCUT2D eigenvalue weighted by Crippen LogP contribution is -2.50. The van der Waals surface area contributed by atoms with Crippen molar-refractivity contribution in [1.82, 2.24) is 9.21 Å². The molecule has 8 heteroatoms. The molecule has 0 saturated carbocycles. The van der Waals surface area contributed by atoms with Gasteiger partial charge in [0.1, 0.15) is 16.7 Å². The van der Waals surface area contributed by atoms with Gasteiger partial charge < -0.3 is 19.5 Å². The van der Waals surface area contributed by atoms with E-state index in [0.29, 0.717) is 24.8 Å². The van der Waals surface area contributed by atoms with E-state index < -0.39 is 16.1 Å². The Morgan fingerprint density at radius 3 is 2.66 bits per heavy atom. The van der Waals surface area contributed by atoms with Gasteiger partial charge in [-0.05, 0) is 57.4 Å². The van der Waals surface area contributed by atoms with Crippen molar-refractivity contribution in [3.8, 4) is 5.75 Å². The second-order valence-electron chi connectivity index (χ2n) is 9.22. The molecule has 32 heavy (non-hydrogen) atoms. The van der Waals surface area contributed by atoms with Crippen LogP contribution in [0.25, 0.3) is 6.08 Å². The van der Waals surface area contributed by atoms with Gasteiger partial charge in [0.05, 0.1) is 6.61 Å². The highest BCUT2D eigenvalue weighted by Crippen LogP contribution is 2.34. The molecular weight excluding hydrogens is 428 g/mol. The quantitative estimate of drug-likeness (QED) is 0.666. The lowest BCUT2D eigenvalue weighted by molar-refractivity contribution is 0.0402. The van der Waals surface area contributed by atoms with Gasteiger partial charge in [-0.3, -0.25) is 0 Å². The van der Waals surface area contributed by atoms with Crippen LogP contribution in [0.2, 0.25) is 0 Å². The van der Waals surface area contributed by atoms with E-state index in [4.69, 9.17) is 9.47 Å². The van der Waals surface area contributed by atoms with Gasteiger partial charge >= 0.3 is 0 Å². The second kappa shape index (κ2) is 11.1. The maximum atomic E-state index is 13.5. The fourth-order valence-corrected chi connectivity index (χ4v) is 6.33. The number of aliphatic hydroxyl groups excluding tert-OH is 1. The summed E-state index contributed by atoms with van der Waals surface area (Å²) in [5, 5.41) is 9.76. The Morgan fingerprint density at radius 2 is 2.00 bits per heavy atom. The summed E-state index contributed by atoms with van der Waals surface area (Å²) in [5.41, 5.74) is 0.894. The van der Waals surface area contributed by atoms with Crippen molar-refractivity contribution in [2.24, 2.45) is 11.8 Å². The molecule has 2 aliphatic rings. The number of hydrogen-bond donors (Lipinski definition) is 1. The van der Waals surface area contributed by atoms with Crippen LogP contribution in [0.4, 0.5) is 0 Å². The molecule has 2 aliphatic heterocycles. The van der Waals surface area contributed by atoms with E-state index in [-0.39, 0.29) is 23.5 Å². The van der Waals surface area contributed by atoms with Gasteiger partial charge in [-0.15, -0.1) is 0 Å². The summed E-state index contributed by atoms with van der Waals surface area (Å²) in [4.78, 5) is 2.46. The Morgan fingerprint density at radius 1 is 1.28 bits per heavy atom. The minimum atomic E-state index is -3.80. The molecule has 3 rings (SSSR count). The van der Waals surface area contributed by atoms with Crippen LogP contribution >= 0.6 is 0 Å². The van der Waals surface area contributed by atoms with Crippen molar-refractivity contribution in [3.05, 3.63) is 29.8 Å². The van der Waals surface area contributed by atoms with Crippen LogP contribution in [-0.2, 0) is 14.8 Å². The van der Waals surface area contributed by atoms with E-state index in [1.165, 1.54) is 4.31 Å². The molecule has 0 spiro atoms. The molecule has 1 aromatic rings. The maximum absolute atomic E-state index is 13.5. The number of benzene rings is 1. The van der Waals surface area contributed by atoms with Crippen LogP contribution in [0.5, 0.6) is 5.75 Å². The number of ether oxygens (including phenoxy) is 2. The molecule has 0 amide bonds. The Kier molecular flexibility index (Phi) is 8.75. The third-order valence-electron chi connectivity index (χ3n) is 6.45. The summed E-state index contributed by atoms with van der Waals surface area (Å²) in [6.45, 7) is 9.08. The molecule has 0 aliphatic carbocycles. The molecule has 1 N–H and O–H groups in total. The first-order chi connectivity index (χ1) is 15.3. The van der Waals surface area contributed by atoms with Crippen LogP contribution in [0.3, 0.4) is 0 Å². The van der Waals surface area contributed by atoms with Gasteiger partial charge in [-0.2, -0.15) is 4.31 Å². The molecule has 7 nitrogen and oxygen atoms in total. The van der Waals surface area contributed by atoms with Gasteiger partial charge in [-0.1, -0.05) is 25.1 Å². The largest absolute Gasteiger partial charge is 0.487 e. The minimum absolute atomic E-state index is 0.0468. The van der Waals surface area contributed by atoms with Crippen molar-refractivity contribution < 1.29 is 23.0 Å². The zero-order valence-electron chi connectivity index (χ0n) is 19.7. The molecule has 0 unspecified atom stereocenters. The number of rotatable bonds is 7. The second-order valence-corrected chi connectivity index (χ2v) is 11.1. The van der Waals surface area contributed by atoms with E-state index in [9.17, 15) is 13.5 Å². The molecule has 3 atom stereocenters. The predicted octanol–water partition coefficient (Wildman–Crippen LogP) is 2.85. The van der Waals surface area contributed by atoms with Crippen molar-refractivity contribution in [2.75, 3.05) is 46.5 Å². The van der Waals surface area contributed by atoms with Crippen molar-refractivity contribution in [2.45, 2.75) is 50.7 Å². The zero-order valence-corrected chi connectivity index (χ0v) is 20.6. The SMILES string of the molecule is CC=Cc1ccc2c(c1)O[C@H](CN(C)CC1CCOCC1)[C@H](C)CN([C@H](C)CO)S2(=O)=O. The Balaban J connectivity index is 1.91. The highest BCUT2D eigenvalue weighted by atomic mass is 32.2. The van der Waals surface area contributed by atoms with Gasteiger partial charge in [-0.25, -0.2) is 8.42 Å². The Labute approximate surface area is 193 Å². The third-order valence-corrected chi connectivity index (χ3v) is 8.47. The molecule has 0 radical (unpaired) electrons. The molecule has 1 saturated heterocycles. The lowest BCUT2D eigenvalue weighted by Gasteiger charge is -2.38. The minimum Gasteiger partial charge on any atom is -0.487 e. The van der Waals surface area contributed by atoms with Gasteiger partial charge in [0.2, 0.25) is 10.0 Å². The van der Waals surface area contributed by atoms with Crippen LogP contribution in [0.15, 0.2) is 29.2 Å². The van der Waals surface area contributed by atoms with E-state index in [1.54, 1.807) is 25.1 Å². The highest BCUT2D eigenvalue weighted by Gasteiger charge is 2.38. The highest BCUT2D eigenvalue weighted by molar-refractivity contribution is 7.89. The van der Waals surface area contributed by atoms with E-state index in [2.05, 4.69) is 11.9 Å². The van der Waals surface area contributed by atoms with Crippen LogP contribution in [0, 0.1) is 11.8 Å². The predicted molar refractivity (Wildman–Crippen MR) is 126 cm³/mol. The summed E-state index contributed by atoms with van der Waals surface area (Å²) in [6.07, 6.45) is 5.81. The number of sulfonamides is 1. The van der Waals surface area contributed by atoms with Crippen molar-refractivity contribution in [3.63, 3.8) is 0 Å². The van der Waals surface area contributed by atoms with Crippen molar-refractivity contribution >= 4 is 16.1 Å². The monoisotopic (exact) mass is 466 g/mol. The van der Waals surface area contributed by atoms with E-state index in [0.717, 1.165) is 38.2 Å². The number of allylic oxidation sites excluding steroid dienone is 1. The summed E-state index contributed by atoms with van der Waals surface area (Å²) in [6, 6.07) is 4.71. The normalized spacial score (nSPS) is 25.8. The fourth-order valence-electron chi connectivity index (χ4n) is 4.51. The van der Waals surface area contributed by atoms with Crippen LogP contribution in [0.1, 0.15) is 39.2 Å². The fraction of sp³-hybridized carbons (Fsp3) is 0.667. The van der Waals surface area contributed by atoms with Gasteiger partial charge in [0, 0.05) is 44.8 Å². The average Bonchev–Trinajstić information content (AvgIpc) is 2.76. The standard InChI is InChI=1S/C24H38N2O5S/c1-5-6-20-7-8-24-22(13-20)31-23(16-25(4)15-21-9-11-30-12-10-21)18(2)14-26(19(3)17-27)32(24,28)29/h5-8,13,18-19,21,23,27H,9-12,14-17H2,1-4H3/t18-,19-,23-/m1/s1. The molecule has 0 bridgehead atoms. The average molecular weight is 467 g/mol. The van der Waals surface area contributed by atoms with Crippen molar-refractivity contribution in [1.29, 1.82) is 0 Å². The molecular formula is C24H38N2O5S. The number of nitrogens with zero attached hydrogens (tertiary/aromatic N) is 2.